The topological polar surface area (TPSA) is 70.8 Å². The molecule has 6 nitrogen and oxygen atoms in total. The number of nitrogens with two attached hydrogens (primary N) is 1. The molecule has 3 N–H and O–H groups in total. The second-order valence-corrected chi connectivity index (χ2v) is 8.03. The van der Waals surface area contributed by atoms with Crippen molar-refractivity contribution in [1.82, 2.24) is 10.2 Å². The smallest absolute Gasteiger partial charge is 0.248 e. The summed E-state index contributed by atoms with van der Waals surface area (Å²) in [7, 11) is 0. The van der Waals surface area contributed by atoms with Crippen molar-refractivity contribution in [2.45, 2.75) is 18.3 Å². The Hall–Kier alpha value is -1.34. The fourth-order valence-electron chi connectivity index (χ4n) is 4.64. The van der Waals surface area contributed by atoms with Crippen LogP contribution in [0.2, 0.25) is 5.02 Å². The number of carbonyl (C=O) groups excluding carboxylic acids is 1. The molecule has 7 heteroatoms. The Morgan fingerprint density at radius 2 is 1.96 bits per heavy atom. The molecule has 4 rings (SSSR count). The summed E-state index contributed by atoms with van der Waals surface area (Å²) >= 11 is 6.67. The van der Waals surface area contributed by atoms with Gasteiger partial charge in [-0.05, 0) is 38.1 Å². The normalized spacial score (nSPS) is 22.6. The maximum Gasteiger partial charge on any atom is 0.248 e. The van der Waals surface area contributed by atoms with Crippen LogP contribution < -0.4 is 16.0 Å². The fraction of sp³-hybridized carbons (Fsp3) is 0.632. The van der Waals surface area contributed by atoms with E-state index in [1.807, 2.05) is 6.07 Å². The average Bonchev–Trinajstić information content (AvgIpc) is 2.95. The van der Waals surface area contributed by atoms with Gasteiger partial charge in [-0.2, -0.15) is 0 Å². The number of fused-ring (bicyclic) bond motifs is 2. The first-order chi connectivity index (χ1) is 12.6. The van der Waals surface area contributed by atoms with Crippen molar-refractivity contribution in [3.8, 4) is 0 Å². The maximum absolute atomic E-state index is 11.7. The molecular formula is C19H27ClN4O2. The van der Waals surface area contributed by atoms with Gasteiger partial charge in [0.05, 0.1) is 13.2 Å². The van der Waals surface area contributed by atoms with Crippen LogP contribution in [-0.4, -0.2) is 69.8 Å². The Balaban J connectivity index is 1.63. The molecule has 0 aliphatic carbocycles. The molecule has 26 heavy (non-hydrogen) atoms. The summed E-state index contributed by atoms with van der Waals surface area (Å²) in [6, 6.07) is 3.69. The average molecular weight is 379 g/mol. The van der Waals surface area contributed by atoms with E-state index in [0.717, 1.165) is 77.6 Å². The Morgan fingerprint density at radius 3 is 2.65 bits per heavy atom. The molecule has 1 aromatic carbocycles. The molecule has 0 atom stereocenters. The number of rotatable bonds is 4. The van der Waals surface area contributed by atoms with E-state index in [0.29, 0.717) is 10.6 Å². The minimum atomic E-state index is -0.422. The Labute approximate surface area is 159 Å². The first-order valence-electron chi connectivity index (χ1n) is 9.49. The quantitative estimate of drug-likeness (QED) is 0.824. The number of morpholine rings is 1. The summed E-state index contributed by atoms with van der Waals surface area (Å²) < 4.78 is 5.44. The van der Waals surface area contributed by atoms with Crippen LogP contribution in [0, 0.1) is 0 Å². The Kier molecular flexibility index (Phi) is 5.10. The molecule has 1 amide bonds. The van der Waals surface area contributed by atoms with Gasteiger partial charge in [-0.15, -0.1) is 0 Å². The van der Waals surface area contributed by atoms with Crippen LogP contribution in [0.25, 0.3) is 0 Å². The van der Waals surface area contributed by atoms with Crippen LogP contribution in [0.1, 0.15) is 28.8 Å². The minimum absolute atomic E-state index is 0.0822. The van der Waals surface area contributed by atoms with Crippen LogP contribution in [-0.2, 0) is 10.2 Å². The van der Waals surface area contributed by atoms with Crippen LogP contribution in [0.15, 0.2) is 12.1 Å². The van der Waals surface area contributed by atoms with Gasteiger partial charge in [-0.3, -0.25) is 9.69 Å². The largest absolute Gasteiger partial charge is 0.379 e. The van der Waals surface area contributed by atoms with E-state index in [-0.39, 0.29) is 5.41 Å². The number of nitrogens with one attached hydrogen (secondary N) is 1. The molecule has 0 aromatic heterocycles. The van der Waals surface area contributed by atoms with Gasteiger partial charge < -0.3 is 20.7 Å². The van der Waals surface area contributed by atoms with Gasteiger partial charge in [0, 0.05) is 60.0 Å². The van der Waals surface area contributed by atoms with Crippen molar-refractivity contribution in [3.63, 3.8) is 0 Å². The monoisotopic (exact) mass is 378 g/mol. The molecule has 1 aromatic rings. The van der Waals surface area contributed by atoms with Crippen LogP contribution in [0.4, 0.5) is 5.69 Å². The molecule has 2 fully saturated rings. The predicted octanol–water partition coefficient (Wildman–Crippen LogP) is 1.21. The zero-order valence-electron chi connectivity index (χ0n) is 15.1. The molecule has 3 heterocycles. The molecule has 0 radical (unpaired) electrons. The summed E-state index contributed by atoms with van der Waals surface area (Å²) in [5, 5.41) is 4.14. The lowest BCUT2D eigenvalue weighted by molar-refractivity contribution is 0.0391. The molecule has 1 spiro atoms. The molecule has 2 saturated heterocycles. The third kappa shape index (κ3) is 3.31. The molecule has 142 valence electrons. The molecule has 3 aliphatic heterocycles. The van der Waals surface area contributed by atoms with Crippen molar-refractivity contribution in [2.75, 3.05) is 63.9 Å². The lowest BCUT2D eigenvalue weighted by Gasteiger charge is -2.35. The van der Waals surface area contributed by atoms with Crippen molar-refractivity contribution in [2.24, 2.45) is 5.73 Å². The van der Waals surface area contributed by atoms with Crippen molar-refractivity contribution >= 4 is 23.2 Å². The van der Waals surface area contributed by atoms with Gasteiger partial charge in [0.2, 0.25) is 5.91 Å². The minimum Gasteiger partial charge on any atom is -0.379 e. The van der Waals surface area contributed by atoms with E-state index in [4.69, 9.17) is 22.1 Å². The van der Waals surface area contributed by atoms with E-state index >= 15 is 0 Å². The third-order valence-electron chi connectivity index (χ3n) is 6.07. The van der Waals surface area contributed by atoms with E-state index in [9.17, 15) is 4.79 Å². The van der Waals surface area contributed by atoms with Gasteiger partial charge in [0.1, 0.15) is 0 Å². The highest BCUT2D eigenvalue weighted by atomic mass is 35.5. The molecule has 0 bridgehead atoms. The summed E-state index contributed by atoms with van der Waals surface area (Å²) in [6.45, 7) is 8.49. The lowest BCUT2D eigenvalue weighted by atomic mass is 9.74. The highest BCUT2D eigenvalue weighted by molar-refractivity contribution is 6.32. The fourth-order valence-corrected chi connectivity index (χ4v) is 5.05. The van der Waals surface area contributed by atoms with E-state index in [1.165, 1.54) is 5.56 Å². The first kappa shape index (κ1) is 18.0. The van der Waals surface area contributed by atoms with Crippen LogP contribution >= 0.6 is 11.6 Å². The lowest BCUT2D eigenvalue weighted by Crippen LogP contribution is -2.45. The number of ether oxygens (including phenoxy) is 1. The number of primary amides is 1. The van der Waals surface area contributed by atoms with Gasteiger partial charge >= 0.3 is 0 Å². The van der Waals surface area contributed by atoms with Gasteiger partial charge in [0.25, 0.3) is 0 Å². The SMILES string of the molecule is NC(=O)c1cc(Cl)c2c(c1)N(CCN1CCOCC1)CC21CCNCC1. The second kappa shape index (κ2) is 7.35. The molecule has 0 unspecified atom stereocenters. The molecule has 3 aliphatic rings. The summed E-state index contributed by atoms with van der Waals surface area (Å²) in [5.41, 5.74) is 8.43. The van der Waals surface area contributed by atoms with Crippen molar-refractivity contribution < 1.29 is 9.53 Å². The highest BCUT2D eigenvalue weighted by Gasteiger charge is 2.45. The van der Waals surface area contributed by atoms with Gasteiger partial charge in [0.15, 0.2) is 0 Å². The zero-order chi connectivity index (χ0) is 18.1. The van der Waals surface area contributed by atoms with Crippen LogP contribution in [0.5, 0.6) is 0 Å². The van der Waals surface area contributed by atoms with Crippen LogP contribution in [0.3, 0.4) is 0 Å². The number of halogens is 1. The van der Waals surface area contributed by atoms with Gasteiger partial charge in [-0.25, -0.2) is 0 Å². The maximum atomic E-state index is 11.7. The van der Waals surface area contributed by atoms with E-state index < -0.39 is 5.91 Å². The van der Waals surface area contributed by atoms with E-state index in [1.54, 1.807) is 6.07 Å². The second-order valence-electron chi connectivity index (χ2n) is 7.62. The number of carbonyl (C=O) groups is 1. The molecule has 0 saturated carbocycles. The summed E-state index contributed by atoms with van der Waals surface area (Å²) in [4.78, 5) is 16.6. The predicted molar refractivity (Wildman–Crippen MR) is 103 cm³/mol. The number of hydrogen-bond acceptors (Lipinski definition) is 5. The van der Waals surface area contributed by atoms with Gasteiger partial charge in [-0.1, -0.05) is 11.6 Å². The number of piperidine rings is 1. The highest BCUT2D eigenvalue weighted by Crippen LogP contribution is 2.49. The molecular weight excluding hydrogens is 352 g/mol. The van der Waals surface area contributed by atoms with Crippen molar-refractivity contribution in [1.29, 1.82) is 0 Å². The number of nitrogens with zero attached hydrogens (tertiary/aromatic N) is 2. The zero-order valence-corrected chi connectivity index (χ0v) is 15.9. The van der Waals surface area contributed by atoms with Crippen molar-refractivity contribution in [3.05, 3.63) is 28.3 Å². The summed E-state index contributed by atoms with van der Waals surface area (Å²) in [5.74, 6) is -0.422. The number of amides is 1. The summed E-state index contributed by atoms with van der Waals surface area (Å²) in [6.07, 6.45) is 2.15. The Bertz CT molecular complexity index is 684. The number of anilines is 1. The standard InChI is InChI=1S/C19H27ClN4O2/c20-15-11-14(18(21)25)12-16-17(15)19(1-3-22-4-2-19)13-24(16)6-5-23-7-9-26-10-8-23/h11-12,22H,1-10,13H2,(H2,21,25). The first-order valence-corrected chi connectivity index (χ1v) is 9.86. The number of hydrogen-bond donors (Lipinski definition) is 2. The van der Waals surface area contributed by atoms with E-state index in [2.05, 4.69) is 15.1 Å². The number of benzene rings is 1. The third-order valence-corrected chi connectivity index (χ3v) is 6.37. The Morgan fingerprint density at radius 1 is 1.23 bits per heavy atom.